The number of aldehydes is 1. The number of ether oxygens (including phenoxy) is 1. The van der Waals surface area contributed by atoms with Crippen molar-refractivity contribution in [3.63, 3.8) is 0 Å². The van der Waals surface area contributed by atoms with Crippen LogP contribution in [0.15, 0.2) is 60.8 Å². The molecule has 0 aliphatic carbocycles. The molecule has 0 unspecified atom stereocenters. The number of carbonyl (C=O) groups is 2. The quantitative estimate of drug-likeness (QED) is 0.260. The number of amides is 1. The van der Waals surface area contributed by atoms with Gasteiger partial charge in [0.05, 0.1) is 16.8 Å². The standard InChI is InChI=1S/C32H31F2N3O4/c1-32(2,3)41-31(40)36-24-9-11-37(12-10-24)29-26-15-19(25-6-4-5-20(18-38)30(25)39)7-8-28(26)35-17-27(29)21-13-22(33)16-23(34)14-21/h4-8,13-18,24,39H,9-12H2,1-3H3,(H,36,40). The van der Waals surface area contributed by atoms with Crippen LogP contribution in [-0.4, -0.2) is 47.2 Å². The maximum absolute atomic E-state index is 14.3. The average Bonchev–Trinajstić information content (AvgIpc) is 2.91. The normalized spacial score (nSPS) is 14.2. The Bertz CT molecular complexity index is 1610. The highest BCUT2D eigenvalue weighted by Crippen LogP contribution is 2.41. The Morgan fingerprint density at radius 1 is 1.02 bits per heavy atom. The number of phenolic OH excluding ortho intramolecular Hbond substituents is 1. The SMILES string of the molecule is CC(C)(C)OC(=O)NC1CCN(c2c(-c3cc(F)cc(F)c3)cnc3ccc(-c4cccc(C=O)c4O)cc23)CC1. The lowest BCUT2D eigenvalue weighted by Gasteiger charge is -2.36. The van der Waals surface area contributed by atoms with Crippen LogP contribution in [0.1, 0.15) is 44.0 Å². The van der Waals surface area contributed by atoms with Crippen LogP contribution < -0.4 is 10.2 Å². The Morgan fingerprint density at radius 2 is 1.73 bits per heavy atom. The van der Waals surface area contributed by atoms with Gasteiger partial charge in [-0.25, -0.2) is 13.6 Å². The molecule has 212 valence electrons. The van der Waals surface area contributed by atoms with E-state index in [4.69, 9.17) is 4.74 Å². The lowest BCUT2D eigenvalue weighted by Crippen LogP contribution is -2.46. The average molecular weight is 560 g/mol. The molecule has 5 rings (SSSR count). The molecular formula is C32H31F2N3O4. The molecule has 3 aromatic carbocycles. The van der Waals surface area contributed by atoms with Crippen LogP contribution in [-0.2, 0) is 4.74 Å². The molecule has 7 nitrogen and oxygen atoms in total. The summed E-state index contributed by atoms with van der Waals surface area (Å²) in [7, 11) is 0. The van der Waals surface area contributed by atoms with Crippen LogP contribution >= 0.6 is 0 Å². The van der Waals surface area contributed by atoms with Gasteiger partial charge in [-0.2, -0.15) is 0 Å². The molecule has 0 radical (unpaired) electrons. The van der Waals surface area contributed by atoms with Crippen LogP contribution in [0.2, 0.25) is 0 Å². The van der Waals surface area contributed by atoms with Crippen molar-refractivity contribution < 1.29 is 28.2 Å². The smallest absolute Gasteiger partial charge is 0.407 e. The van der Waals surface area contributed by atoms with Crippen molar-refractivity contribution in [3.8, 4) is 28.0 Å². The number of piperidine rings is 1. The Labute approximate surface area is 236 Å². The van der Waals surface area contributed by atoms with Gasteiger partial charge in [0.15, 0.2) is 6.29 Å². The first-order chi connectivity index (χ1) is 19.5. The minimum absolute atomic E-state index is 0.0946. The molecule has 1 aromatic heterocycles. The number of phenols is 1. The van der Waals surface area contributed by atoms with E-state index in [1.807, 2.05) is 32.9 Å². The Hall–Kier alpha value is -4.53. The fourth-order valence-electron chi connectivity index (χ4n) is 5.22. The van der Waals surface area contributed by atoms with Crippen molar-refractivity contribution in [3.05, 3.63) is 78.0 Å². The van der Waals surface area contributed by atoms with Gasteiger partial charge in [-0.3, -0.25) is 9.78 Å². The zero-order valence-electron chi connectivity index (χ0n) is 23.1. The summed E-state index contributed by atoms with van der Waals surface area (Å²) < 4.78 is 34.0. The van der Waals surface area contributed by atoms with E-state index in [9.17, 15) is 23.5 Å². The Kier molecular flexibility index (Phi) is 7.62. The van der Waals surface area contributed by atoms with Gasteiger partial charge in [0.25, 0.3) is 0 Å². The van der Waals surface area contributed by atoms with E-state index in [0.717, 1.165) is 17.1 Å². The molecule has 1 aliphatic heterocycles. The lowest BCUT2D eigenvalue weighted by atomic mass is 9.95. The summed E-state index contributed by atoms with van der Waals surface area (Å²) >= 11 is 0. The minimum atomic E-state index is -0.698. The number of rotatable bonds is 5. The number of nitrogens with one attached hydrogen (secondary N) is 1. The first-order valence-corrected chi connectivity index (χ1v) is 13.4. The van der Waals surface area contributed by atoms with Gasteiger partial charge in [0, 0.05) is 47.9 Å². The molecule has 1 amide bonds. The zero-order chi connectivity index (χ0) is 29.3. The third-order valence-electron chi connectivity index (χ3n) is 7.05. The van der Waals surface area contributed by atoms with E-state index in [2.05, 4.69) is 15.2 Å². The van der Waals surface area contributed by atoms with Crippen molar-refractivity contribution >= 4 is 29.0 Å². The van der Waals surface area contributed by atoms with Crippen molar-refractivity contribution in [1.82, 2.24) is 10.3 Å². The van der Waals surface area contributed by atoms with Crippen molar-refractivity contribution in [2.24, 2.45) is 0 Å². The van der Waals surface area contributed by atoms with Gasteiger partial charge >= 0.3 is 6.09 Å². The highest BCUT2D eigenvalue weighted by atomic mass is 19.1. The molecule has 0 spiro atoms. The fourth-order valence-corrected chi connectivity index (χ4v) is 5.22. The second-order valence-electron chi connectivity index (χ2n) is 11.2. The number of hydrogen-bond donors (Lipinski definition) is 2. The second kappa shape index (κ2) is 11.2. The number of hydrogen-bond acceptors (Lipinski definition) is 6. The van der Waals surface area contributed by atoms with Crippen LogP contribution in [0.5, 0.6) is 5.75 Å². The van der Waals surface area contributed by atoms with Gasteiger partial charge in [-0.05, 0) is 75.1 Å². The van der Waals surface area contributed by atoms with E-state index >= 15 is 0 Å². The van der Waals surface area contributed by atoms with Gasteiger partial charge in [0.2, 0.25) is 0 Å². The van der Waals surface area contributed by atoms with Gasteiger partial charge in [0.1, 0.15) is 23.0 Å². The monoisotopic (exact) mass is 559 g/mol. The Balaban J connectivity index is 1.57. The number of para-hydroxylation sites is 1. The number of benzene rings is 3. The van der Waals surface area contributed by atoms with E-state index in [0.29, 0.717) is 60.0 Å². The predicted octanol–water partition coefficient (Wildman–Crippen LogP) is 6.86. The van der Waals surface area contributed by atoms with E-state index in [1.54, 1.807) is 24.4 Å². The predicted molar refractivity (Wildman–Crippen MR) is 154 cm³/mol. The number of alkyl carbamates (subject to hydrolysis) is 1. The topological polar surface area (TPSA) is 91.8 Å². The highest BCUT2D eigenvalue weighted by molar-refractivity contribution is 6.02. The molecule has 2 heterocycles. The molecule has 9 heteroatoms. The molecule has 41 heavy (non-hydrogen) atoms. The molecular weight excluding hydrogens is 528 g/mol. The van der Waals surface area contributed by atoms with E-state index < -0.39 is 23.3 Å². The molecule has 0 bridgehead atoms. The molecule has 1 aliphatic rings. The molecule has 4 aromatic rings. The van der Waals surface area contributed by atoms with Gasteiger partial charge < -0.3 is 20.1 Å². The summed E-state index contributed by atoms with van der Waals surface area (Å²) in [4.78, 5) is 30.5. The third-order valence-corrected chi connectivity index (χ3v) is 7.05. The number of nitrogens with zero attached hydrogens (tertiary/aromatic N) is 2. The third kappa shape index (κ3) is 6.14. The summed E-state index contributed by atoms with van der Waals surface area (Å²) in [5.74, 6) is -1.53. The van der Waals surface area contributed by atoms with Crippen LogP contribution in [0.3, 0.4) is 0 Å². The summed E-state index contributed by atoms with van der Waals surface area (Å²) in [6.45, 7) is 6.54. The molecule has 2 N–H and O–H groups in total. The van der Waals surface area contributed by atoms with Gasteiger partial charge in [-0.15, -0.1) is 0 Å². The van der Waals surface area contributed by atoms with Crippen molar-refractivity contribution in [2.45, 2.75) is 45.3 Å². The maximum Gasteiger partial charge on any atom is 0.407 e. The number of aromatic nitrogens is 1. The van der Waals surface area contributed by atoms with E-state index in [1.165, 1.54) is 18.2 Å². The number of carbonyl (C=O) groups excluding carboxylic acids is 2. The van der Waals surface area contributed by atoms with Crippen molar-refractivity contribution in [1.29, 1.82) is 0 Å². The fraction of sp³-hybridized carbons (Fsp3) is 0.281. The minimum Gasteiger partial charge on any atom is -0.507 e. The lowest BCUT2D eigenvalue weighted by molar-refractivity contribution is 0.0497. The maximum atomic E-state index is 14.3. The van der Waals surface area contributed by atoms with Crippen LogP contribution in [0.4, 0.5) is 19.3 Å². The largest absolute Gasteiger partial charge is 0.507 e. The van der Waals surface area contributed by atoms with Gasteiger partial charge in [-0.1, -0.05) is 18.2 Å². The summed E-state index contributed by atoms with van der Waals surface area (Å²) in [5, 5.41) is 14.4. The molecule has 1 fully saturated rings. The molecule has 0 saturated carbocycles. The van der Waals surface area contributed by atoms with Crippen LogP contribution in [0.25, 0.3) is 33.2 Å². The summed E-state index contributed by atoms with van der Waals surface area (Å²) in [6, 6.07) is 13.7. The first-order valence-electron chi connectivity index (χ1n) is 13.4. The summed E-state index contributed by atoms with van der Waals surface area (Å²) in [6.07, 6.45) is 2.99. The number of pyridine rings is 1. The number of fused-ring (bicyclic) bond motifs is 1. The van der Waals surface area contributed by atoms with Crippen molar-refractivity contribution in [2.75, 3.05) is 18.0 Å². The Morgan fingerprint density at radius 3 is 2.39 bits per heavy atom. The number of halogens is 2. The van der Waals surface area contributed by atoms with E-state index in [-0.39, 0.29) is 17.4 Å². The zero-order valence-corrected chi connectivity index (χ0v) is 23.1. The molecule has 1 saturated heterocycles. The van der Waals surface area contributed by atoms with Crippen LogP contribution in [0, 0.1) is 11.6 Å². The highest BCUT2D eigenvalue weighted by Gasteiger charge is 2.27. The summed E-state index contributed by atoms with van der Waals surface area (Å²) in [5.41, 5.74) is 3.00. The first kappa shape index (κ1) is 28.0. The number of anilines is 1. The number of aromatic hydroxyl groups is 1. The molecule has 0 atom stereocenters. The second-order valence-corrected chi connectivity index (χ2v) is 11.2.